The summed E-state index contributed by atoms with van der Waals surface area (Å²) in [5.74, 6) is 0.440. The molecule has 2 aromatic carbocycles. The first-order valence-corrected chi connectivity index (χ1v) is 6.67. The van der Waals surface area contributed by atoms with Crippen molar-refractivity contribution >= 4 is 11.6 Å². The van der Waals surface area contributed by atoms with Crippen LogP contribution in [0, 0.1) is 0 Å². The molecule has 19 heavy (non-hydrogen) atoms. The predicted molar refractivity (Wildman–Crippen MR) is 79.5 cm³/mol. The highest BCUT2D eigenvalue weighted by Crippen LogP contribution is 2.21. The molecule has 1 amide bonds. The summed E-state index contributed by atoms with van der Waals surface area (Å²) in [5, 5.41) is 2.94. The summed E-state index contributed by atoms with van der Waals surface area (Å²) in [4.78, 5) is 12.1. The van der Waals surface area contributed by atoms with Crippen molar-refractivity contribution in [3.63, 3.8) is 0 Å². The molecular formula is C17H19NO. The first kappa shape index (κ1) is 13.3. The van der Waals surface area contributed by atoms with Crippen LogP contribution in [-0.2, 0) is 0 Å². The van der Waals surface area contributed by atoms with E-state index in [9.17, 15) is 4.79 Å². The first-order chi connectivity index (χ1) is 9.20. The van der Waals surface area contributed by atoms with E-state index in [1.165, 1.54) is 5.56 Å². The first-order valence-electron chi connectivity index (χ1n) is 6.67. The highest BCUT2D eigenvalue weighted by molar-refractivity contribution is 6.04. The number of carbonyl (C=O) groups is 1. The van der Waals surface area contributed by atoms with Gasteiger partial charge in [0.2, 0.25) is 0 Å². The van der Waals surface area contributed by atoms with Gasteiger partial charge < -0.3 is 5.32 Å². The number of anilines is 1. The zero-order chi connectivity index (χ0) is 13.7. The second kappa shape index (κ2) is 6.19. The Hall–Kier alpha value is -2.09. The normalized spacial score (nSPS) is 11.9. The minimum absolute atomic E-state index is 0.0677. The monoisotopic (exact) mass is 253 g/mol. The van der Waals surface area contributed by atoms with E-state index in [1.807, 2.05) is 42.5 Å². The second-order valence-electron chi connectivity index (χ2n) is 4.75. The molecule has 0 aliphatic heterocycles. The number of rotatable bonds is 4. The average Bonchev–Trinajstić information content (AvgIpc) is 2.47. The molecule has 0 aliphatic carbocycles. The van der Waals surface area contributed by atoms with Crippen LogP contribution in [0.3, 0.4) is 0 Å². The third-order valence-electron chi connectivity index (χ3n) is 3.36. The Balaban J connectivity index is 2.13. The molecule has 98 valence electrons. The van der Waals surface area contributed by atoms with Crippen LogP contribution in [0.5, 0.6) is 0 Å². The average molecular weight is 253 g/mol. The van der Waals surface area contributed by atoms with Gasteiger partial charge in [-0.3, -0.25) is 4.79 Å². The molecule has 0 bridgehead atoms. The van der Waals surface area contributed by atoms with Crippen LogP contribution in [0.4, 0.5) is 5.69 Å². The fourth-order valence-corrected chi connectivity index (χ4v) is 1.95. The Labute approximate surface area is 114 Å². The number of hydrogen-bond acceptors (Lipinski definition) is 1. The maximum atomic E-state index is 12.1. The molecule has 0 radical (unpaired) electrons. The van der Waals surface area contributed by atoms with Gasteiger partial charge in [-0.15, -0.1) is 0 Å². The van der Waals surface area contributed by atoms with Gasteiger partial charge in [0.25, 0.3) is 5.91 Å². The largest absolute Gasteiger partial charge is 0.322 e. The molecule has 2 heteroatoms. The van der Waals surface area contributed by atoms with Gasteiger partial charge in [-0.05, 0) is 42.2 Å². The van der Waals surface area contributed by atoms with Crippen LogP contribution in [0.15, 0.2) is 54.6 Å². The molecule has 0 fully saturated rings. The Bertz CT molecular complexity index is 548. The number of carbonyl (C=O) groups excluding carboxylic acids is 1. The molecule has 0 aromatic heterocycles. The van der Waals surface area contributed by atoms with Gasteiger partial charge in [0.15, 0.2) is 0 Å². The van der Waals surface area contributed by atoms with Crippen molar-refractivity contribution in [3.05, 3.63) is 65.7 Å². The predicted octanol–water partition coefficient (Wildman–Crippen LogP) is 4.45. The standard InChI is InChI=1S/C17H19NO/c1-3-13(2)15-10-7-11-16(12-15)18-17(19)14-8-5-4-6-9-14/h4-13H,3H2,1-2H3,(H,18,19). The van der Waals surface area contributed by atoms with E-state index in [0.717, 1.165) is 12.1 Å². The summed E-state index contributed by atoms with van der Waals surface area (Å²) in [6.45, 7) is 4.36. The zero-order valence-corrected chi connectivity index (χ0v) is 11.4. The van der Waals surface area contributed by atoms with Crippen LogP contribution in [0.25, 0.3) is 0 Å². The van der Waals surface area contributed by atoms with Crippen LogP contribution < -0.4 is 5.32 Å². The summed E-state index contributed by atoms with van der Waals surface area (Å²) in [7, 11) is 0. The van der Waals surface area contributed by atoms with Crippen LogP contribution in [0.1, 0.15) is 42.1 Å². The third kappa shape index (κ3) is 3.44. The summed E-state index contributed by atoms with van der Waals surface area (Å²) < 4.78 is 0. The van der Waals surface area contributed by atoms with Crippen molar-refractivity contribution in [1.82, 2.24) is 0 Å². The van der Waals surface area contributed by atoms with Crippen molar-refractivity contribution in [2.24, 2.45) is 0 Å². The number of amides is 1. The Morgan fingerprint density at radius 1 is 1.11 bits per heavy atom. The summed E-state index contributed by atoms with van der Waals surface area (Å²) in [5.41, 5.74) is 2.79. The lowest BCUT2D eigenvalue weighted by Crippen LogP contribution is -2.11. The van der Waals surface area contributed by atoms with E-state index in [1.54, 1.807) is 0 Å². The van der Waals surface area contributed by atoms with Crippen LogP contribution >= 0.6 is 0 Å². The van der Waals surface area contributed by atoms with Crippen molar-refractivity contribution in [3.8, 4) is 0 Å². The van der Waals surface area contributed by atoms with E-state index in [-0.39, 0.29) is 5.91 Å². The van der Waals surface area contributed by atoms with Gasteiger partial charge in [-0.2, -0.15) is 0 Å². The van der Waals surface area contributed by atoms with Crippen molar-refractivity contribution < 1.29 is 4.79 Å². The quantitative estimate of drug-likeness (QED) is 0.856. The summed E-state index contributed by atoms with van der Waals surface area (Å²) in [6.07, 6.45) is 1.09. The molecule has 1 atom stereocenters. The van der Waals surface area contributed by atoms with E-state index in [0.29, 0.717) is 11.5 Å². The third-order valence-corrected chi connectivity index (χ3v) is 3.36. The highest BCUT2D eigenvalue weighted by atomic mass is 16.1. The van der Waals surface area contributed by atoms with Gasteiger partial charge in [-0.25, -0.2) is 0 Å². The minimum Gasteiger partial charge on any atom is -0.322 e. The van der Waals surface area contributed by atoms with Gasteiger partial charge in [-0.1, -0.05) is 44.2 Å². The maximum absolute atomic E-state index is 12.1. The Kier molecular flexibility index (Phi) is 4.35. The molecule has 1 unspecified atom stereocenters. The van der Waals surface area contributed by atoms with Crippen LogP contribution in [0.2, 0.25) is 0 Å². The molecule has 2 rings (SSSR count). The number of hydrogen-bond donors (Lipinski definition) is 1. The topological polar surface area (TPSA) is 29.1 Å². The van der Waals surface area contributed by atoms with E-state index in [4.69, 9.17) is 0 Å². The molecule has 0 saturated carbocycles. The van der Waals surface area contributed by atoms with E-state index < -0.39 is 0 Å². The molecular weight excluding hydrogens is 234 g/mol. The van der Waals surface area contributed by atoms with E-state index >= 15 is 0 Å². The fourth-order valence-electron chi connectivity index (χ4n) is 1.95. The SMILES string of the molecule is CCC(C)c1cccc(NC(=O)c2ccccc2)c1. The second-order valence-corrected chi connectivity index (χ2v) is 4.75. The smallest absolute Gasteiger partial charge is 0.255 e. The lowest BCUT2D eigenvalue weighted by Gasteiger charge is -2.11. The highest BCUT2D eigenvalue weighted by Gasteiger charge is 2.07. The molecule has 0 spiro atoms. The zero-order valence-electron chi connectivity index (χ0n) is 11.4. The molecule has 0 aliphatic rings. The maximum Gasteiger partial charge on any atom is 0.255 e. The van der Waals surface area contributed by atoms with Crippen LogP contribution in [-0.4, -0.2) is 5.91 Å². The Morgan fingerprint density at radius 2 is 1.84 bits per heavy atom. The minimum atomic E-state index is -0.0677. The van der Waals surface area contributed by atoms with Crippen molar-refractivity contribution in [2.45, 2.75) is 26.2 Å². The summed E-state index contributed by atoms with van der Waals surface area (Å²) >= 11 is 0. The molecule has 1 N–H and O–H groups in total. The van der Waals surface area contributed by atoms with Gasteiger partial charge >= 0.3 is 0 Å². The molecule has 0 saturated heterocycles. The fraction of sp³-hybridized carbons (Fsp3) is 0.235. The van der Waals surface area contributed by atoms with Crippen molar-refractivity contribution in [1.29, 1.82) is 0 Å². The number of benzene rings is 2. The molecule has 2 nitrogen and oxygen atoms in total. The van der Waals surface area contributed by atoms with Gasteiger partial charge in [0.1, 0.15) is 0 Å². The van der Waals surface area contributed by atoms with Crippen molar-refractivity contribution in [2.75, 3.05) is 5.32 Å². The number of nitrogens with one attached hydrogen (secondary N) is 1. The Morgan fingerprint density at radius 3 is 2.53 bits per heavy atom. The lowest BCUT2D eigenvalue weighted by atomic mass is 9.98. The molecule has 0 heterocycles. The summed E-state index contributed by atoms with van der Waals surface area (Å²) in [6, 6.07) is 17.3. The van der Waals surface area contributed by atoms with Gasteiger partial charge in [0.05, 0.1) is 0 Å². The van der Waals surface area contributed by atoms with E-state index in [2.05, 4.69) is 31.3 Å². The lowest BCUT2D eigenvalue weighted by molar-refractivity contribution is 0.102. The van der Waals surface area contributed by atoms with Gasteiger partial charge in [0, 0.05) is 11.3 Å². The molecule has 2 aromatic rings.